The SMILES string of the molecule is Cc1ccc(C(C)Nc2ccc(F)nc2)o1. The van der Waals surface area contributed by atoms with Crippen LogP contribution >= 0.6 is 0 Å². The lowest BCUT2D eigenvalue weighted by atomic mass is 10.2. The van der Waals surface area contributed by atoms with Crippen LogP contribution in [0.15, 0.2) is 34.9 Å². The molecule has 0 saturated carbocycles. The van der Waals surface area contributed by atoms with Gasteiger partial charge in [-0.25, -0.2) is 4.98 Å². The molecule has 1 atom stereocenters. The molecular formula is C12H13FN2O. The fraction of sp³-hybridized carbons (Fsp3) is 0.250. The molecule has 4 heteroatoms. The molecule has 16 heavy (non-hydrogen) atoms. The molecule has 2 heterocycles. The third kappa shape index (κ3) is 2.39. The van der Waals surface area contributed by atoms with Gasteiger partial charge in [0.2, 0.25) is 5.95 Å². The van der Waals surface area contributed by atoms with E-state index in [0.29, 0.717) is 0 Å². The number of furan rings is 1. The standard InChI is InChI=1S/C12H13FN2O/c1-8-3-5-11(16-8)9(2)15-10-4-6-12(13)14-7-10/h3-7,9,15H,1-2H3. The van der Waals surface area contributed by atoms with Crippen LogP contribution in [-0.2, 0) is 0 Å². The first-order chi connectivity index (χ1) is 7.65. The molecule has 0 saturated heterocycles. The van der Waals surface area contributed by atoms with E-state index >= 15 is 0 Å². The summed E-state index contributed by atoms with van der Waals surface area (Å²) in [7, 11) is 0. The third-order valence-electron chi connectivity index (χ3n) is 2.30. The summed E-state index contributed by atoms with van der Waals surface area (Å²) in [5.74, 6) is 1.25. The van der Waals surface area contributed by atoms with Crippen molar-refractivity contribution in [3.05, 3.63) is 47.9 Å². The maximum Gasteiger partial charge on any atom is 0.212 e. The van der Waals surface area contributed by atoms with Gasteiger partial charge in [0, 0.05) is 0 Å². The van der Waals surface area contributed by atoms with Crippen LogP contribution < -0.4 is 5.32 Å². The van der Waals surface area contributed by atoms with E-state index in [1.807, 2.05) is 26.0 Å². The van der Waals surface area contributed by atoms with Gasteiger partial charge in [-0.3, -0.25) is 0 Å². The van der Waals surface area contributed by atoms with Gasteiger partial charge in [-0.1, -0.05) is 0 Å². The van der Waals surface area contributed by atoms with Crippen molar-refractivity contribution in [2.45, 2.75) is 19.9 Å². The first-order valence-electron chi connectivity index (χ1n) is 5.09. The Balaban J connectivity index is 2.07. The fourth-order valence-electron chi connectivity index (χ4n) is 1.47. The second-order valence-corrected chi connectivity index (χ2v) is 3.68. The monoisotopic (exact) mass is 220 g/mol. The maximum absolute atomic E-state index is 12.6. The average molecular weight is 220 g/mol. The molecule has 3 nitrogen and oxygen atoms in total. The van der Waals surface area contributed by atoms with Crippen molar-refractivity contribution < 1.29 is 8.81 Å². The highest BCUT2D eigenvalue weighted by atomic mass is 19.1. The lowest BCUT2D eigenvalue weighted by Crippen LogP contribution is -2.05. The maximum atomic E-state index is 12.6. The number of aromatic nitrogens is 1. The van der Waals surface area contributed by atoms with Crippen LogP contribution in [0.25, 0.3) is 0 Å². The van der Waals surface area contributed by atoms with Gasteiger partial charge in [-0.2, -0.15) is 4.39 Å². The normalized spacial score (nSPS) is 12.4. The smallest absolute Gasteiger partial charge is 0.212 e. The lowest BCUT2D eigenvalue weighted by molar-refractivity contribution is 0.467. The molecule has 0 aromatic carbocycles. The van der Waals surface area contributed by atoms with Crippen molar-refractivity contribution in [2.75, 3.05) is 5.32 Å². The Kier molecular flexibility index (Phi) is 2.90. The largest absolute Gasteiger partial charge is 0.464 e. The topological polar surface area (TPSA) is 38.1 Å². The van der Waals surface area contributed by atoms with Crippen LogP contribution in [0.2, 0.25) is 0 Å². The number of halogens is 1. The van der Waals surface area contributed by atoms with Crippen LogP contribution in [0.3, 0.4) is 0 Å². The zero-order chi connectivity index (χ0) is 11.5. The van der Waals surface area contributed by atoms with Crippen LogP contribution in [0.1, 0.15) is 24.5 Å². The summed E-state index contributed by atoms with van der Waals surface area (Å²) in [5, 5.41) is 3.18. The molecule has 2 rings (SSSR count). The number of nitrogens with one attached hydrogen (secondary N) is 1. The van der Waals surface area contributed by atoms with E-state index in [4.69, 9.17) is 4.42 Å². The van der Waals surface area contributed by atoms with Crippen molar-refractivity contribution in [3.63, 3.8) is 0 Å². The Labute approximate surface area is 93.3 Å². The lowest BCUT2D eigenvalue weighted by Gasteiger charge is -2.12. The summed E-state index contributed by atoms with van der Waals surface area (Å²) in [6.45, 7) is 3.87. The number of rotatable bonds is 3. The van der Waals surface area contributed by atoms with Crippen molar-refractivity contribution in [1.29, 1.82) is 0 Å². The fourth-order valence-corrected chi connectivity index (χ4v) is 1.47. The van der Waals surface area contributed by atoms with Crippen molar-refractivity contribution in [1.82, 2.24) is 4.98 Å². The van der Waals surface area contributed by atoms with Crippen LogP contribution in [0.5, 0.6) is 0 Å². The van der Waals surface area contributed by atoms with Crippen LogP contribution in [-0.4, -0.2) is 4.98 Å². The van der Waals surface area contributed by atoms with Gasteiger partial charge in [-0.15, -0.1) is 0 Å². The Morgan fingerprint density at radius 1 is 1.31 bits per heavy atom. The van der Waals surface area contributed by atoms with E-state index in [0.717, 1.165) is 17.2 Å². The van der Waals surface area contributed by atoms with E-state index < -0.39 is 5.95 Å². The first-order valence-corrected chi connectivity index (χ1v) is 5.09. The number of anilines is 1. The first kappa shape index (κ1) is 10.7. The summed E-state index contributed by atoms with van der Waals surface area (Å²) in [6, 6.07) is 6.83. The Morgan fingerprint density at radius 2 is 2.12 bits per heavy atom. The summed E-state index contributed by atoms with van der Waals surface area (Å²) in [6.07, 6.45) is 1.46. The quantitative estimate of drug-likeness (QED) is 0.806. The van der Waals surface area contributed by atoms with Gasteiger partial charge in [-0.05, 0) is 38.1 Å². The van der Waals surface area contributed by atoms with Gasteiger partial charge < -0.3 is 9.73 Å². The summed E-state index contributed by atoms with van der Waals surface area (Å²) in [5.41, 5.74) is 0.767. The molecular weight excluding hydrogens is 207 g/mol. The number of hydrogen-bond donors (Lipinski definition) is 1. The van der Waals surface area contributed by atoms with Crippen molar-refractivity contribution >= 4 is 5.69 Å². The molecule has 1 N–H and O–H groups in total. The summed E-state index contributed by atoms with van der Waals surface area (Å²) >= 11 is 0. The number of pyridine rings is 1. The Bertz CT molecular complexity index is 464. The zero-order valence-corrected chi connectivity index (χ0v) is 9.20. The van der Waals surface area contributed by atoms with E-state index in [2.05, 4.69) is 10.3 Å². The molecule has 84 valence electrons. The molecule has 1 unspecified atom stereocenters. The molecule has 2 aromatic heterocycles. The number of nitrogens with zero attached hydrogens (tertiary/aromatic N) is 1. The summed E-state index contributed by atoms with van der Waals surface area (Å²) in [4.78, 5) is 3.57. The van der Waals surface area contributed by atoms with Crippen LogP contribution in [0, 0.1) is 12.9 Å². The van der Waals surface area contributed by atoms with E-state index in [-0.39, 0.29) is 6.04 Å². The predicted molar refractivity (Wildman–Crippen MR) is 59.7 cm³/mol. The molecule has 0 radical (unpaired) electrons. The van der Waals surface area contributed by atoms with Gasteiger partial charge in [0.05, 0.1) is 17.9 Å². The molecule has 0 aliphatic rings. The second kappa shape index (κ2) is 4.35. The van der Waals surface area contributed by atoms with Gasteiger partial charge in [0.15, 0.2) is 0 Å². The van der Waals surface area contributed by atoms with Crippen LogP contribution in [0.4, 0.5) is 10.1 Å². The Morgan fingerprint density at radius 3 is 2.69 bits per heavy atom. The third-order valence-corrected chi connectivity index (χ3v) is 2.30. The molecule has 0 amide bonds. The van der Waals surface area contributed by atoms with Gasteiger partial charge in [0.1, 0.15) is 11.5 Å². The zero-order valence-electron chi connectivity index (χ0n) is 9.20. The minimum Gasteiger partial charge on any atom is -0.464 e. The minimum atomic E-state index is -0.480. The van der Waals surface area contributed by atoms with E-state index in [9.17, 15) is 4.39 Å². The summed E-state index contributed by atoms with van der Waals surface area (Å²) < 4.78 is 18.1. The molecule has 0 bridgehead atoms. The molecule has 0 aliphatic carbocycles. The molecule has 2 aromatic rings. The molecule has 0 fully saturated rings. The highest BCUT2D eigenvalue weighted by molar-refractivity contribution is 5.41. The van der Waals surface area contributed by atoms with E-state index in [1.165, 1.54) is 12.3 Å². The van der Waals surface area contributed by atoms with E-state index in [1.54, 1.807) is 6.07 Å². The number of aryl methyl sites for hydroxylation is 1. The van der Waals surface area contributed by atoms with Gasteiger partial charge in [0.25, 0.3) is 0 Å². The highest BCUT2D eigenvalue weighted by Gasteiger charge is 2.09. The highest BCUT2D eigenvalue weighted by Crippen LogP contribution is 2.20. The Hall–Kier alpha value is -1.84. The minimum absolute atomic E-state index is 0.0287. The number of hydrogen-bond acceptors (Lipinski definition) is 3. The average Bonchev–Trinajstić information content (AvgIpc) is 2.68. The van der Waals surface area contributed by atoms with Gasteiger partial charge >= 0.3 is 0 Å². The molecule has 0 aliphatic heterocycles. The van der Waals surface area contributed by atoms with Crippen molar-refractivity contribution in [3.8, 4) is 0 Å². The second-order valence-electron chi connectivity index (χ2n) is 3.68. The predicted octanol–water partition coefficient (Wildman–Crippen LogP) is 3.30. The van der Waals surface area contributed by atoms with Crippen molar-refractivity contribution in [2.24, 2.45) is 0 Å². The molecule has 0 spiro atoms.